The van der Waals surface area contributed by atoms with Gasteiger partial charge in [0.25, 0.3) is 11.8 Å². The Morgan fingerprint density at radius 3 is 2.42 bits per heavy atom. The number of nitrogens with one attached hydrogen (secondary N) is 1. The lowest BCUT2D eigenvalue weighted by Gasteiger charge is -2.32. The van der Waals surface area contributed by atoms with Crippen molar-refractivity contribution in [2.75, 3.05) is 13.1 Å². The van der Waals surface area contributed by atoms with Crippen molar-refractivity contribution in [2.24, 2.45) is 0 Å². The van der Waals surface area contributed by atoms with E-state index in [2.05, 4.69) is 5.32 Å². The van der Waals surface area contributed by atoms with E-state index in [1.165, 1.54) is 24.7 Å². The summed E-state index contributed by atoms with van der Waals surface area (Å²) in [5.74, 6) is -0.913. The van der Waals surface area contributed by atoms with Gasteiger partial charge in [0.05, 0.1) is 23.0 Å². The van der Waals surface area contributed by atoms with Crippen LogP contribution in [0.3, 0.4) is 0 Å². The Hall–Kier alpha value is -2.77. The molecule has 138 valence electrons. The number of likely N-dealkylation sites (tertiary alicyclic amines) is 1. The third kappa shape index (κ3) is 3.89. The van der Waals surface area contributed by atoms with Gasteiger partial charge in [0.2, 0.25) is 0 Å². The molecular weight excluding hydrogens is 349 g/mol. The zero-order chi connectivity index (χ0) is 18.7. The van der Waals surface area contributed by atoms with E-state index in [4.69, 9.17) is 4.42 Å². The molecule has 0 spiro atoms. The van der Waals surface area contributed by atoms with Crippen molar-refractivity contribution in [3.8, 4) is 0 Å². The van der Waals surface area contributed by atoms with Gasteiger partial charge in [-0.05, 0) is 31.0 Å². The molecule has 0 unspecified atom stereocenters. The van der Waals surface area contributed by atoms with E-state index in [1.54, 1.807) is 11.0 Å². The molecule has 0 aliphatic carbocycles. The molecule has 2 amide bonds. The lowest BCUT2D eigenvalue weighted by molar-refractivity contribution is -0.137. The molecule has 1 aromatic carbocycles. The molecule has 1 aromatic heterocycles. The molecule has 5 nitrogen and oxygen atoms in total. The van der Waals surface area contributed by atoms with Gasteiger partial charge in [0.1, 0.15) is 6.26 Å². The van der Waals surface area contributed by atoms with Crippen LogP contribution in [0.1, 0.15) is 39.1 Å². The summed E-state index contributed by atoms with van der Waals surface area (Å²) in [6, 6.07) is 5.99. The summed E-state index contributed by atoms with van der Waals surface area (Å²) in [7, 11) is 0. The third-order valence-electron chi connectivity index (χ3n) is 4.36. The maximum absolute atomic E-state index is 13.0. The minimum absolute atomic E-state index is 0.161. The van der Waals surface area contributed by atoms with Gasteiger partial charge in [-0.3, -0.25) is 9.59 Å². The maximum Gasteiger partial charge on any atom is 0.417 e. The van der Waals surface area contributed by atoms with Crippen LogP contribution in [-0.4, -0.2) is 35.8 Å². The zero-order valence-corrected chi connectivity index (χ0v) is 13.8. The average molecular weight is 366 g/mol. The molecular formula is C18H17F3N2O3. The van der Waals surface area contributed by atoms with Crippen molar-refractivity contribution < 1.29 is 27.2 Å². The minimum atomic E-state index is -4.59. The average Bonchev–Trinajstić information content (AvgIpc) is 3.15. The van der Waals surface area contributed by atoms with Crippen LogP contribution >= 0.6 is 0 Å². The fraction of sp³-hybridized carbons (Fsp3) is 0.333. The molecule has 0 atom stereocenters. The summed E-state index contributed by atoms with van der Waals surface area (Å²) in [5.41, 5.74) is -0.895. The molecule has 0 radical (unpaired) electrons. The van der Waals surface area contributed by atoms with Gasteiger partial charge in [-0.25, -0.2) is 0 Å². The fourth-order valence-corrected chi connectivity index (χ4v) is 2.99. The molecule has 2 aromatic rings. The van der Waals surface area contributed by atoms with Gasteiger partial charge in [-0.15, -0.1) is 0 Å². The van der Waals surface area contributed by atoms with Crippen molar-refractivity contribution in [1.82, 2.24) is 10.2 Å². The maximum atomic E-state index is 13.0. The second-order valence-electron chi connectivity index (χ2n) is 6.10. The van der Waals surface area contributed by atoms with Crippen LogP contribution < -0.4 is 5.32 Å². The molecule has 1 fully saturated rings. The van der Waals surface area contributed by atoms with Crippen LogP contribution in [0.15, 0.2) is 47.3 Å². The van der Waals surface area contributed by atoms with E-state index in [-0.39, 0.29) is 11.9 Å². The first-order chi connectivity index (χ1) is 12.4. The van der Waals surface area contributed by atoms with E-state index in [0.717, 1.165) is 12.1 Å². The monoisotopic (exact) mass is 366 g/mol. The molecule has 1 N–H and O–H groups in total. The van der Waals surface area contributed by atoms with Crippen LogP contribution in [0.25, 0.3) is 0 Å². The number of carbonyl (C=O) groups excluding carboxylic acids is 2. The number of alkyl halides is 3. The number of furan rings is 1. The SMILES string of the molecule is O=C(NC1CCN(C(=O)c2ccoc2)CC1)c1ccccc1C(F)(F)F. The van der Waals surface area contributed by atoms with Crippen LogP contribution in [-0.2, 0) is 6.18 Å². The first-order valence-electron chi connectivity index (χ1n) is 8.15. The zero-order valence-electron chi connectivity index (χ0n) is 13.8. The highest BCUT2D eigenvalue weighted by Crippen LogP contribution is 2.32. The van der Waals surface area contributed by atoms with Crippen molar-refractivity contribution >= 4 is 11.8 Å². The third-order valence-corrected chi connectivity index (χ3v) is 4.36. The largest absolute Gasteiger partial charge is 0.472 e. The number of rotatable bonds is 3. The van der Waals surface area contributed by atoms with E-state index in [1.807, 2.05) is 0 Å². The first-order valence-corrected chi connectivity index (χ1v) is 8.15. The van der Waals surface area contributed by atoms with E-state index < -0.39 is 23.2 Å². The number of carbonyl (C=O) groups is 2. The van der Waals surface area contributed by atoms with Gasteiger partial charge in [0.15, 0.2) is 0 Å². The van der Waals surface area contributed by atoms with E-state index >= 15 is 0 Å². The quantitative estimate of drug-likeness (QED) is 0.906. The summed E-state index contributed by atoms with van der Waals surface area (Å²) in [6.45, 7) is 0.825. The molecule has 1 aliphatic heterocycles. The highest BCUT2D eigenvalue weighted by Gasteiger charge is 2.35. The standard InChI is InChI=1S/C18H17F3N2O3/c19-18(20,21)15-4-2-1-3-14(15)16(24)22-13-5-8-23(9-6-13)17(25)12-7-10-26-11-12/h1-4,7,10-11,13H,5-6,8-9H2,(H,22,24). The van der Waals surface area contributed by atoms with Gasteiger partial charge in [0, 0.05) is 19.1 Å². The van der Waals surface area contributed by atoms with Gasteiger partial charge in [-0.2, -0.15) is 13.2 Å². The Bertz CT molecular complexity index is 779. The Morgan fingerprint density at radius 1 is 1.12 bits per heavy atom. The van der Waals surface area contributed by atoms with Gasteiger partial charge < -0.3 is 14.6 Å². The molecule has 2 heterocycles. The van der Waals surface area contributed by atoms with E-state index in [9.17, 15) is 22.8 Å². The number of nitrogens with zero attached hydrogens (tertiary/aromatic N) is 1. The lowest BCUT2D eigenvalue weighted by atomic mass is 10.0. The normalized spacial score (nSPS) is 15.7. The van der Waals surface area contributed by atoms with Crippen molar-refractivity contribution in [3.05, 3.63) is 59.5 Å². The summed E-state index contributed by atoms with van der Waals surface area (Å²) in [5, 5.41) is 2.65. The Morgan fingerprint density at radius 2 is 1.81 bits per heavy atom. The van der Waals surface area contributed by atoms with Crippen LogP contribution in [0.2, 0.25) is 0 Å². The Kier molecular flexibility index (Phi) is 5.01. The predicted octanol–water partition coefficient (Wildman–Crippen LogP) is 3.33. The Balaban J connectivity index is 1.60. The highest BCUT2D eigenvalue weighted by atomic mass is 19.4. The van der Waals surface area contributed by atoms with Crippen molar-refractivity contribution in [1.29, 1.82) is 0 Å². The van der Waals surface area contributed by atoms with Gasteiger partial charge in [-0.1, -0.05) is 12.1 Å². The number of halogens is 3. The molecule has 26 heavy (non-hydrogen) atoms. The second kappa shape index (κ2) is 7.23. The van der Waals surface area contributed by atoms with Crippen LogP contribution in [0.5, 0.6) is 0 Å². The summed E-state index contributed by atoms with van der Waals surface area (Å²) in [6.07, 6.45) is -0.857. The Labute approximate surface area is 147 Å². The molecule has 1 saturated heterocycles. The van der Waals surface area contributed by atoms with Crippen LogP contribution in [0, 0.1) is 0 Å². The van der Waals surface area contributed by atoms with E-state index in [0.29, 0.717) is 31.5 Å². The lowest BCUT2D eigenvalue weighted by Crippen LogP contribution is -2.46. The molecule has 3 rings (SSSR count). The van der Waals surface area contributed by atoms with Gasteiger partial charge >= 0.3 is 6.18 Å². The fourth-order valence-electron chi connectivity index (χ4n) is 2.99. The van der Waals surface area contributed by atoms with Crippen molar-refractivity contribution in [2.45, 2.75) is 25.1 Å². The molecule has 8 heteroatoms. The summed E-state index contributed by atoms with van der Waals surface area (Å²) >= 11 is 0. The van der Waals surface area contributed by atoms with Crippen LogP contribution in [0.4, 0.5) is 13.2 Å². The summed E-state index contributed by atoms with van der Waals surface area (Å²) < 4.78 is 44.0. The first kappa shape index (κ1) is 18.0. The minimum Gasteiger partial charge on any atom is -0.472 e. The molecule has 0 bridgehead atoms. The molecule has 1 aliphatic rings. The second-order valence-corrected chi connectivity index (χ2v) is 6.10. The number of hydrogen-bond donors (Lipinski definition) is 1. The summed E-state index contributed by atoms with van der Waals surface area (Å²) in [4.78, 5) is 26.1. The highest BCUT2D eigenvalue weighted by molar-refractivity contribution is 5.96. The smallest absolute Gasteiger partial charge is 0.417 e. The molecule has 0 saturated carbocycles. The number of amides is 2. The number of hydrogen-bond acceptors (Lipinski definition) is 3. The predicted molar refractivity (Wildman–Crippen MR) is 86.5 cm³/mol. The number of piperidine rings is 1. The number of benzene rings is 1. The topological polar surface area (TPSA) is 62.6 Å². The van der Waals surface area contributed by atoms with Crippen molar-refractivity contribution in [3.63, 3.8) is 0 Å².